The number of H-pyrrole nitrogens is 1. The Kier molecular flexibility index (Phi) is 14.4. The molecule has 0 bridgehead atoms. The number of aryl methyl sites for hydroxylation is 1. The number of aromatic amines is 1. The maximum absolute atomic E-state index is 11.1. The van der Waals surface area contributed by atoms with Crippen molar-refractivity contribution in [2.24, 2.45) is 5.73 Å². The Morgan fingerprint density at radius 2 is 1.80 bits per heavy atom. The standard InChI is InChI=1S/C10H8BrNO.C9H5BrO2S.C7H9N.C4H9NO.CH4/c1-6(13)9-4-7-2-3-8(11)5-10(7)12-9;10-6-2-1-5-3-8(9(11)12)13-7(5)4-6;1-2-7-4-3-5-8-6-7;5-4-1-2-6-3-4;/h2-5,12H,1H3;1-4H,(H,11,12);3-6H,2H2,1H3;4H,1-3,5H2;1H4. The molecule has 1 atom stereocenters. The normalized spacial score (nSPS) is 13.5. The summed E-state index contributed by atoms with van der Waals surface area (Å²) in [7, 11) is 0. The van der Waals surface area contributed by atoms with Gasteiger partial charge in [0.25, 0.3) is 0 Å². The Bertz CT molecular complexity index is 1460. The zero-order valence-electron chi connectivity index (χ0n) is 22.2. The van der Waals surface area contributed by atoms with Crippen molar-refractivity contribution in [1.29, 1.82) is 0 Å². The van der Waals surface area contributed by atoms with Crippen molar-refractivity contribution in [3.05, 3.63) is 98.1 Å². The van der Waals surface area contributed by atoms with E-state index in [2.05, 4.69) is 54.8 Å². The number of Topliss-reactive ketones (excluding diaryl/α,β-unsaturated/α-hetero) is 1. The van der Waals surface area contributed by atoms with Crippen LogP contribution in [0.2, 0.25) is 0 Å². The van der Waals surface area contributed by atoms with Crippen LogP contribution in [0, 0.1) is 0 Å². The molecule has 6 rings (SSSR count). The van der Waals surface area contributed by atoms with Crippen LogP contribution in [-0.4, -0.2) is 46.1 Å². The Hall–Kier alpha value is -2.89. The molecule has 0 spiro atoms. The van der Waals surface area contributed by atoms with Gasteiger partial charge in [-0.05, 0) is 66.3 Å². The molecule has 7 nitrogen and oxygen atoms in total. The molecule has 1 fully saturated rings. The minimum atomic E-state index is -0.864. The predicted molar refractivity (Wildman–Crippen MR) is 176 cm³/mol. The molecule has 41 heavy (non-hydrogen) atoms. The topological polar surface area (TPSA) is 118 Å². The van der Waals surface area contributed by atoms with Gasteiger partial charge in [0.1, 0.15) is 4.88 Å². The Labute approximate surface area is 261 Å². The highest BCUT2D eigenvalue weighted by Crippen LogP contribution is 2.28. The van der Waals surface area contributed by atoms with Crippen LogP contribution in [-0.2, 0) is 11.2 Å². The summed E-state index contributed by atoms with van der Waals surface area (Å²) < 4.78 is 7.91. The molecule has 0 amide bonds. The van der Waals surface area contributed by atoms with Gasteiger partial charge >= 0.3 is 5.97 Å². The number of aromatic nitrogens is 2. The number of benzene rings is 2. The van der Waals surface area contributed by atoms with Crippen LogP contribution < -0.4 is 5.73 Å². The van der Waals surface area contributed by atoms with E-state index in [4.69, 9.17) is 15.6 Å². The number of nitrogens with zero attached hydrogens (tertiary/aromatic N) is 1. The Morgan fingerprint density at radius 1 is 1.10 bits per heavy atom. The summed E-state index contributed by atoms with van der Waals surface area (Å²) in [6.07, 6.45) is 5.80. The van der Waals surface area contributed by atoms with Crippen LogP contribution in [0.1, 0.15) is 53.4 Å². The second-order valence-corrected chi connectivity index (χ2v) is 11.8. The van der Waals surface area contributed by atoms with Crippen molar-refractivity contribution in [2.75, 3.05) is 13.2 Å². The van der Waals surface area contributed by atoms with Crippen LogP contribution in [0.15, 0.2) is 82.0 Å². The van der Waals surface area contributed by atoms with Crippen molar-refractivity contribution in [1.82, 2.24) is 9.97 Å². The van der Waals surface area contributed by atoms with E-state index in [1.54, 1.807) is 19.2 Å². The molecule has 0 aliphatic carbocycles. The number of aromatic carboxylic acids is 1. The van der Waals surface area contributed by atoms with Gasteiger partial charge in [-0.15, -0.1) is 11.3 Å². The summed E-state index contributed by atoms with van der Waals surface area (Å²) in [4.78, 5) is 29.1. The Morgan fingerprint density at radius 3 is 2.32 bits per heavy atom. The van der Waals surface area contributed by atoms with Crippen molar-refractivity contribution in [3.8, 4) is 0 Å². The predicted octanol–water partition coefficient (Wildman–Crippen LogP) is 8.51. The quantitative estimate of drug-likeness (QED) is 0.162. The number of hydrogen-bond donors (Lipinski definition) is 3. The number of carbonyl (C=O) groups excluding carboxylic acids is 1. The fourth-order valence-corrected chi connectivity index (χ4v) is 5.37. The molecule has 1 aliphatic rings. The average molecular weight is 706 g/mol. The molecule has 0 saturated carbocycles. The van der Waals surface area contributed by atoms with Crippen molar-refractivity contribution in [3.63, 3.8) is 0 Å². The van der Waals surface area contributed by atoms with Crippen LogP contribution in [0.3, 0.4) is 0 Å². The maximum atomic E-state index is 11.1. The third kappa shape index (κ3) is 11.1. The van der Waals surface area contributed by atoms with Gasteiger partial charge in [0.15, 0.2) is 5.78 Å². The number of carbonyl (C=O) groups is 2. The van der Waals surface area contributed by atoms with E-state index in [0.29, 0.717) is 16.6 Å². The number of ether oxygens (including phenoxy) is 1. The fraction of sp³-hybridized carbons (Fsp3) is 0.258. The number of fused-ring (bicyclic) bond motifs is 2. The van der Waals surface area contributed by atoms with E-state index in [1.165, 1.54) is 16.9 Å². The van der Waals surface area contributed by atoms with Crippen molar-refractivity contribution in [2.45, 2.75) is 40.2 Å². The van der Waals surface area contributed by atoms with Crippen LogP contribution in [0.5, 0.6) is 0 Å². The summed E-state index contributed by atoms with van der Waals surface area (Å²) in [5.74, 6) is -0.801. The third-order valence-electron chi connectivity index (χ3n) is 5.75. The van der Waals surface area contributed by atoms with Gasteiger partial charge in [-0.1, -0.05) is 64.4 Å². The first-order chi connectivity index (χ1) is 19.2. The summed E-state index contributed by atoms with van der Waals surface area (Å²) in [6, 6.07) is 19.5. The van der Waals surface area contributed by atoms with Gasteiger partial charge in [-0.2, -0.15) is 0 Å². The Balaban J connectivity index is 0.000000198. The lowest BCUT2D eigenvalue weighted by Gasteiger charge is -1.90. The number of carboxylic acids is 1. The lowest BCUT2D eigenvalue weighted by Crippen LogP contribution is -2.18. The molecule has 5 aromatic rings. The zero-order valence-corrected chi connectivity index (χ0v) is 26.2. The first-order valence-electron chi connectivity index (χ1n) is 12.6. The molecule has 1 saturated heterocycles. The highest BCUT2D eigenvalue weighted by Gasteiger charge is 2.09. The maximum Gasteiger partial charge on any atom is 0.345 e. The molecule has 1 aliphatic heterocycles. The molecule has 2 aromatic carbocycles. The number of halogens is 2. The number of nitrogens with two attached hydrogens (primary N) is 1. The van der Waals surface area contributed by atoms with E-state index in [0.717, 1.165) is 56.0 Å². The van der Waals surface area contributed by atoms with Crippen LogP contribution >= 0.6 is 43.2 Å². The van der Waals surface area contributed by atoms with Gasteiger partial charge in [0, 0.05) is 56.5 Å². The number of nitrogens with one attached hydrogen (secondary N) is 1. The number of thiophene rings is 1. The summed E-state index contributed by atoms with van der Waals surface area (Å²) in [5.41, 5.74) is 8.35. The highest BCUT2D eigenvalue weighted by atomic mass is 79.9. The summed E-state index contributed by atoms with van der Waals surface area (Å²) in [6.45, 7) is 5.30. The van der Waals surface area contributed by atoms with E-state index < -0.39 is 5.97 Å². The van der Waals surface area contributed by atoms with Gasteiger partial charge in [-0.25, -0.2) is 4.79 Å². The van der Waals surface area contributed by atoms with E-state index in [9.17, 15) is 9.59 Å². The molecule has 3 aromatic heterocycles. The van der Waals surface area contributed by atoms with Crippen LogP contribution in [0.4, 0.5) is 0 Å². The zero-order chi connectivity index (χ0) is 29.1. The molecular formula is C31H35Br2N3O4S. The number of rotatable bonds is 3. The smallest absolute Gasteiger partial charge is 0.345 e. The van der Waals surface area contributed by atoms with E-state index >= 15 is 0 Å². The fourth-order valence-electron chi connectivity index (χ4n) is 3.56. The summed E-state index contributed by atoms with van der Waals surface area (Å²) >= 11 is 8.00. The molecule has 1 unspecified atom stereocenters. The SMILES string of the molecule is C.CC(=O)c1cc2ccc(Br)cc2[nH]1.CCc1cccnc1.NC1CCOC1.O=C(O)c1cc2ccc(Br)cc2s1. The van der Waals surface area contributed by atoms with Gasteiger partial charge in [-0.3, -0.25) is 9.78 Å². The lowest BCUT2D eigenvalue weighted by atomic mass is 10.2. The van der Waals surface area contributed by atoms with Gasteiger partial charge in [0.05, 0.1) is 12.3 Å². The first-order valence-corrected chi connectivity index (χ1v) is 15.0. The molecule has 10 heteroatoms. The molecule has 218 valence electrons. The monoisotopic (exact) mass is 703 g/mol. The second-order valence-electron chi connectivity index (χ2n) is 8.91. The van der Waals surface area contributed by atoms with E-state index in [-0.39, 0.29) is 13.2 Å². The van der Waals surface area contributed by atoms with E-state index in [1.807, 2.05) is 54.7 Å². The number of carboxylic acid groups (broad SMARTS) is 1. The molecule has 4 N–H and O–H groups in total. The number of ketones is 1. The largest absolute Gasteiger partial charge is 0.477 e. The molecule has 0 radical (unpaired) electrons. The van der Waals surface area contributed by atoms with Gasteiger partial charge < -0.3 is 20.6 Å². The highest BCUT2D eigenvalue weighted by molar-refractivity contribution is 9.10. The molecule has 4 heterocycles. The number of pyridine rings is 1. The first kappa shape index (κ1) is 34.3. The van der Waals surface area contributed by atoms with Crippen molar-refractivity contribution < 1.29 is 19.4 Å². The minimum absolute atomic E-state index is 0. The van der Waals surface area contributed by atoms with Crippen LogP contribution in [0.25, 0.3) is 21.0 Å². The molecular weight excluding hydrogens is 670 g/mol. The number of hydrogen-bond acceptors (Lipinski definition) is 6. The lowest BCUT2D eigenvalue weighted by molar-refractivity contribution is 0.0702. The minimum Gasteiger partial charge on any atom is -0.477 e. The average Bonchev–Trinajstić information content (AvgIpc) is 3.69. The summed E-state index contributed by atoms with van der Waals surface area (Å²) in [5, 5.41) is 10.8. The second kappa shape index (κ2) is 17.2. The van der Waals surface area contributed by atoms with Gasteiger partial charge in [0.2, 0.25) is 0 Å². The van der Waals surface area contributed by atoms with Crippen molar-refractivity contribution >= 4 is 75.9 Å². The third-order valence-corrected chi connectivity index (χ3v) is 7.83.